The van der Waals surface area contributed by atoms with E-state index in [9.17, 15) is 14.0 Å². The molecule has 1 aliphatic carbocycles. The van der Waals surface area contributed by atoms with Gasteiger partial charge in [0.05, 0.1) is 11.6 Å². The Morgan fingerprint density at radius 3 is 2.85 bits per heavy atom. The molecule has 0 spiro atoms. The summed E-state index contributed by atoms with van der Waals surface area (Å²) in [4.78, 5) is 26.9. The van der Waals surface area contributed by atoms with Gasteiger partial charge in [-0.3, -0.25) is 9.59 Å². The van der Waals surface area contributed by atoms with Crippen LogP contribution in [0.3, 0.4) is 0 Å². The van der Waals surface area contributed by atoms with Crippen molar-refractivity contribution in [3.8, 4) is 0 Å². The van der Waals surface area contributed by atoms with E-state index >= 15 is 0 Å². The average Bonchev–Trinajstić information content (AvgIpc) is 3.06. The van der Waals surface area contributed by atoms with E-state index in [0.717, 1.165) is 31.4 Å². The zero-order valence-electron chi connectivity index (χ0n) is 14.4. The summed E-state index contributed by atoms with van der Waals surface area (Å²) in [5.74, 6) is 0.641. The van der Waals surface area contributed by atoms with Crippen LogP contribution in [0, 0.1) is 11.7 Å². The van der Waals surface area contributed by atoms with E-state index in [4.69, 9.17) is 0 Å². The van der Waals surface area contributed by atoms with Crippen LogP contribution in [0.15, 0.2) is 12.1 Å². The number of hydrogen-bond donors (Lipinski definition) is 2. The Balaban J connectivity index is 0.00000196. The fourth-order valence-electron chi connectivity index (χ4n) is 3.61. The first-order valence-electron chi connectivity index (χ1n) is 8.85. The Kier molecular flexibility index (Phi) is 6.10. The molecule has 1 aromatic carbocycles. The van der Waals surface area contributed by atoms with Crippen LogP contribution >= 0.6 is 24.2 Å². The Bertz CT molecular complexity index is 714. The lowest BCUT2D eigenvalue weighted by molar-refractivity contribution is -0.141. The van der Waals surface area contributed by atoms with Crippen LogP contribution in [0.25, 0.3) is 0 Å². The van der Waals surface area contributed by atoms with Gasteiger partial charge in [-0.25, -0.2) is 4.39 Å². The van der Waals surface area contributed by atoms with Gasteiger partial charge in [0.25, 0.3) is 0 Å². The molecular weight excluding hydrogens is 377 g/mol. The molecule has 0 radical (unpaired) electrons. The quantitative estimate of drug-likeness (QED) is 0.820. The summed E-state index contributed by atoms with van der Waals surface area (Å²) in [5, 5.41) is 5.93. The fraction of sp³-hybridized carbons (Fsp3) is 0.556. The van der Waals surface area contributed by atoms with Gasteiger partial charge in [-0.2, -0.15) is 0 Å². The Hall–Kier alpha value is -1.31. The van der Waals surface area contributed by atoms with E-state index in [2.05, 4.69) is 10.6 Å². The number of amides is 2. The van der Waals surface area contributed by atoms with Crippen molar-refractivity contribution in [1.29, 1.82) is 0 Å². The van der Waals surface area contributed by atoms with Crippen LogP contribution in [0.2, 0.25) is 0 Å². The number of halogens is 2. The molecule has 2 amide bonds. The molecule has 5 nitrogen and oxygen atoms in total. The highest BCUT2D eigenvalue weighted by molar-refractivity contribution is 7.99. The second-order valence-electron chi connectivity index (χ2n) is 6.93. The first-order valence-corrected chi connectivity index (χ1v) is 10.0. The fourth-order valence-corrected chi connectivity index (χ4v) is 4.78. The summed E-state index contributed by atoms with van der Waals surface area (Å²) < 4.78 is 14.7. The molecule has 8 heteroatoms. The molecular formula is C18H23ClFN3O2S. The van der Waals surface area contributed by atoms with Gasteiger partial charge in [0.15, 0.2) is 0 Å². The molecule has 2 N–H and O–H groups in total. The second-order valence-corrected chi connectivity index (χ2v) is 7.93. The maximum absolute atomic E-state index is 14.7. The van der Waals surface area contributed by atoms with Crippen LogP contribution in [0.4, 0.5) is 10.1 Å². The van der Waals surface area contributed by atoms with Gasteiger partial charge < -0.3 is 15.5 Å². The number of thioether (sulfide) groups is 1. The summed E-state index contributed by atoms with van der Waals surface area (Å²) in [5.41, 5.74) is 1.85. The van der Waals surface area contributed by atoms with Gasteiger partial charge in [-0.15, -0.1) is 24.2 Å². The van der Waals surface area contributed by atoms with Gasteiger partial charge in [-0.05, 0) is 43.0 Å². The third kappa shape index (κ3) is 3.57. The highest BCUT2D eigenvalue weighted by Crippen LogP contribution is 2.33. The van der Waals surface area contributed by atoms with Crippen LogP contribution in [-0.4, -0.2) is 40.9 Å². The van der Waals surface area contributed by atoms with Gasteiger partial charge in [0.2, 0.25) is 11.8 Å². The molecule has 26 heavy (non-hydrogen) atoms. The predicted molar refractivity (Wildman–Crippen MR) is 103 cm³/mol. The molecule has 142 valence electrons. The lowest BCUT2D eigenvalue weighted by atomic mass is 9.84. The number of nitrogens with zero attached hydrogens (tertiary/aromatic N) is 1. The second kappa shape index (κ2) is 8.15. The molecule has 2 aliphatic heterocycles. The van der Waals surface area contributed by atoms with Crippen LogP contribution in [-0.2, 0) is 22.6 Å². The van der Waals surface area contributed by atoms with Crippen molar-refractivity contribution in [2.24, 2.45) is 5.92 Å². The SMILES string of the molecule is Cl.O=C(Nc1ccc2c(c1F)CCNC2)C1CSCN1C(=O)C1CCC1. The minimum absolute atomic E-state index is 0. The number of carbonyl (C=O) groups excluding carboxylic acids is 2. The lowest BCUT2D eigenvalue weighted by Gasteiger charge is -2.31. The number of fused-ring (bicyclic) bond motifs is 1. The van der Waals surface area contributed by atoms with Gasteiger partial charge in [-0.1, -0.05) is 12.5 Å². The maximum Gasteiger partial charge on any atom is 0.248 e. The topological polar surface area (TPSA) is 61.4 Å². The molecule has 0 aromatic heterocycles. The van der Waals surface area contributed by atoms with Crippen molar-refractivity contribution in [2.75, 3.05) is 23.5 Å². The number of nitrogens with one attached hydrogen (secondary N) is 2. The van der Waals surface area contributed by atoms with Crippen molar-refractivity contribution < 1.29 is 14.0 Å². The summed E-state index contributed by atoms with van der Waals surface area (Å²) in [6, 6.07) is 2.98. The Morgan fingerprint density at radius 2 is 2.12 bits per heavy atom. The van der Waals surface area contributed by atoms with E-state index in [1.54, 1.807) is 22.7 Å². The maximum atomic E-state index is 14.7. The smallest absolute Gasteiger partial charge is 0.248 e. The van der Waals surface area contributed by atoms with E-state index in [0.29, 0.717) is 30.2 Å². The third-order valence-electron chi connectivity index (χ3n) is 5.39. The van der Waals surface area contributed by atoms with E-state index in [-0.39, 0.29) is 41.6 Å². The van der Waals surface area contributed by atoms with Gasteiger partial charge in [0.1, 0.15) is 11.9 Å². The molecule has 3 aliphatic rings. The zero-order valence-corrected chi connectivity index (χ0v) is 16.1. The monoisotopic (exact) mass is 399 g/mol. The van der Waals surface area contributed by atoms with Crippen molar-refractivity contribution in [3.63, 3.8) is 0 Å². The lowest BCUT2D eigenvalue weighted by Crippen LogP contribution is -2.48. The minimum atomic E-state index is -0.504. The standard InChI is InChI=1S/C18H22FN3O2S.ClH/c19-16-13-6-7-20-8-12(13)4-5-14(16)21-17(23)15-9-25-10-22(15)18(24)11-2-1-3-11;/h4-5,11,15,20H,1-3,6-10H2,(H,21,23);1H. The number of anilines is 1. The average molecular weight is 400 g/mol. The molecule has 4 rings (SSSR count). The zero-order chi connectivity index (χ0) is 17.4. The van der Waals surface area contributed by atoms with Crippen molar-refractivity contribution >= 4 is 41.7 Å². The molecule has 2 fully saturated rings. The van der Waals surface area contributed by atoms with Crippen LogP contribution in [0.5, 0.6) is 0 Å². The van der Waals surface area contributed by atoms with E-state index in [1.165, 1.54) is 0 Å². The van der Waals surface area contributed by atoms with Crippen molar-refractivity contribution in [3.05, 3.63) is 29.1 Å². The molecule has 1 saturated heterocycles. The molecule has 1 atom stereocenters. The number of rotatable bonds is 3. The Labute approximate surface area is 162 Å². The van der Waals surface area contributed by atoms with Crippen LogP contribution < -0.4 is 10.6 Å². The molecule has 0 bridgehead atoms. The first-order chi connectivity index (χ1) is 12.1. The van der Waals surface area contributed by atoms with Crippen LogP contribution in [0.1, 0.15) is 30.4 Å². The first kappa shape index (κ1) is 19.5. The third-order valence-corrected chi connectivity index (χ3v) is 6.40. The number of benzene rings is 1. The van der Waals surface area contributed by atoms with Crippen molar-refractivity contribution in [2.45, 2.75) is 38.3 Å². The number of hydrogen-bond acceptors (Lipinski definition) is 4. The molecule has 1 unspecified atom stereocenters. The highest BCUT2D eigenvalue weighted by atomic mass is 35.5. The summed E-state index contributed by atoms with van der Waals surface area (Å²) >= 11 is 1.58. The van der Waals surface area contributed by atoms with Crippen molar-refractivity contribution in [1.82, 2.24) is 10.2 Å². The minimum Gasteiger partial charge on any atom is -0.322 e. The largest absolute Gasteiger partial charge is 0.322 e. The van der Waals surface area contributed by atoms with Gasteiger partial charge in [0, 0.05) is 18.2 Å². The highest BCUT2D eigenvalue weighted by Gasteiger charge is 2.39. The predicted octanol–water partition coefficient (Wildman–Crippen LogP) is 2.53. The molecule has 1 aromatic rings. The van der Waals surface area contributed by atoms with E-state index in [1.807, 2.05) is 6.07 Å². The summed E-state index contributed by atoms with van der Waals surface area (Å²) in [6.07, 6.45) is 3.55. The summed E-state index contributed by atoms with van der Waals surface area (Å²) in [6.45, 7) is 1.40. The normalized spacial score (nSPS) is 22.2. The van der Waals surface area contributed by atoms with E-state index < -0.39 is 6.04 Å². The van der Waals surface area contributed by atoms with Gasteiger partial charge >= 0.3 is 0 Å². The Morgan fingerprint density at radius 1 is 1.31 bits per heavy atom. The summed E-state index contributed by atoms with van der Waals surface area (Å²) in [7, 11) is 0. The molecule has 1 saturated carbocycles. The molecule has 2 heterocycles. The number of carbonyl (C=O) groups is 2.